The zero-order valence-electron chi connectivity index (χ0n) is 6.53. The van der Waals surface area contributed by atoms with Crippen LogP contribution in [0.2, 0.25) is 0 Å². The molecule has 0 aliphatic carbocycles. The van der Waals surface area contributed by atoms with Crippen LogP contribution in [0.15, 0.2) is 6.07 Å². The zero-order chi connectivity index (χ0) is 8.27. The molecule has 4 nitrogen and oxygen atoms in total. The van der Waals surface area contributed by atoms with Crippen LogP contribution >= 0.6 is 0 Å². The minimum atomic E-state index is 0.506. The number of hydrogen-bond donors (Lipinski definition) is 0. The minimum Gasteiger partial charge on any atom is -0.477 e. The van der Waals surface area contributed by atoms with E-state index in [0.717, 1.165) is 0 Å². The first-order valence-corrected chi connectivity index (χ1v) is 3.35. The third-order valence-electron chi connectivity index (χ3n) is 1.26. The second-order valence-electron chi connectivity index (χ2n) is 2.04. The van der Waals surface area contributed by atoms with Crippen molar-refractivity contribution >= 4 is 0 Å². The normalized spacial score (nSPS) is 9.18. The van der Waals surface area contributed by atoms with Gasteiger partial charge in [-0.3, -0.25) is 4.68 Å². The van der Waals surface area contributed by atoms with Crippen LogP contribution in [0.1, 0.15) is 12.6 Å². The molecule has 0 spiro atoms. The first kappa shape index (κ1) is 7.61. The Labute approximate surface area is 65.0 Å². The molecule has 0 atom stereocenters. The second-order valence-corrected chi connectivity index (χ2v) is 2.04. The van der Waals surface area contributed by atoms with E-state index in [2.05, 4.69) is 5.10 Å². The average Bonchev–Trinajstić information content (AvgIpc) is 2.32. The van der Waals surface area contributed by atoms with E-state index in [1.807, 2.05) is 13.0 Å². The van der Waals surface area contributed by atoms with Gasteiger partial charge in [0, 0.05) is 13.1 Å². The van der Waals surface area contributed by atoms with Crippen LogP contribution in [0.3, 0.4) is 0 Å². The molecule has 0 saturated heterocycles. The second kappa shape index (κ2) is 3.06. The van der Waals surface area contributed by atoms with Gasteiger partial charge in [0.05, 0.1) is 6.61 Å². The highest BCUT2D eigenvalue weighted by molar-refractivity contribution is 5.26. The van der Waals surface area contributed by atoms with Crippen LogP contribution in [0.5, 0.6) is 5.88 Å². The van der Waals surface area contributed by atoms with E-state index in [0.29, 0.717) is 18.2 Å². The number of rotatable bonds is 2. The molecular weight excluding hydrogens is 142 g/mol. The van der Waals surface area contributed by atoms with Gasteiger partial charge in [0.15, 0.2) is 0 Å². The molecule has 1 rings (SSSR count). The summed E-state index contributed by atoms with van der Waals surface area (Å²) in [4.78, 5) is 0. The number of hydrogen-bond acceptors (Lipinski definition) is 3. The molecule has 0 aromatic carbocycles. The first-order valence-electron chi connectivity index (χ1n) is 3.35. The monoisotopic (exact) mass is 151 g/mol. The Morgan fingerprint density at radius 2 is 2.55 bits per heavy atom. The predicted molar refractivity (Wildman–Crippen MR) is 39.1 cm³/mol. The third kappa shape index (κ3) is 1.49. The summed E-state index contributed by atoms with van der Waals surface area (Å²) in [5.41, 5.74) is 0.508. The summed E-state index contributed by atoms with van der Waals surface area (Å²) in [5, 5.41) is 12.5. The fourth-order valence-corrected chi connectivity index (χ4v) is 0.764. The van der Waals surface area contributed by atoms with Gasteiger partial charge >= 0.3 is 0 Å². The Bertz CT molecular complexity index is 284. The van der Waals surface area contributed by atoms with Gasteiger partial charge in [-0.15, -0.1) is 5.10 Å². The van der Waals surface area contributed by atoms with E-state index in [1.165, 1.54) is 4.68 Å². The molecule has 1 aromatic rings. The van der Waals surface area contributed by atoms with Crippen LogP contribution in [0, 0.1) is 11.3 Å². The van der Waals surface area contributed by atoms with Gasteiger partial charge in [-0.05, 0) is 6.92 Å². The van der Waals surface area contributed by atoms with Crippen molar-refractivity contribution in [1.29, 1.82) is 5.26 Å². The van der Waals surface area contributed by atoms with Crippen molar-refractivity contribution in [3.63, 3.8) is 0 Å². The minimum absolute atomic E-state index is 0.506. The molecule has 1 heterocycles. The number of nitrogens with zero attached hydrogens (tertiary/aromatic N) is 3. The van der Waals surface area contributed by atoms with E-state index < -0.39 is 0 Å². The molecule has 0 N–H and O–H groups in total. The maximum Gasteiger partial charge on any atom is 0.234 e. The van der Waals surface area contributed by atoms with Gasteiger partial charge in [-0.25, -0.2) is 0 Å². The van der Waals surface area contributed by atoms with Crippen LogP contribution in [-0.2, 0) is 7.05 Å². The Balaban J connectivity index is 2.89. The quantitative estimate of drug-likeness (QED) is 0.624. The number of ether oxygens (including phenoxy) is 1. The molecule has 0 aliphatic rings. The number of aryl methyl sites for hydroxylation is 1. The van der Waals surface area contributed by atoms with Crippen LogP contribution in [-0.4, -0.2) is 16.4 Å². The van der Waals surface area contributed by atoms with Crippen molar-refractivity contribution in [2.45, 2.75) is 6.92 Å². The molecule has 58 valence electrons. The van der Waals surface area contributed by atoms with E-state index in [1.54, 1.807) is 13.1 Å². The fraction of sp³-hybridized carbons (Fsp3) is 0.429. The summed E-state index contributed by atoms with van der Waals surface area (Å²) in [5.74, 6) is 0.506. The molecule has 0 amide bonds. The van der Waals surface area contributed by atoms with Crippen molar-refractivity contribution in [2.75, 3.05) is 6.61 Å². The fourth-order valence-electron chi connectivity index (χ4n) is 0.764. The van der Waals surface area contributed by atoms with E-state index in [4.69, 9.17) is 10.00 Å². The van der Waals surface area contributed by atoms with Crippen LogP contribution in [0.25, 0.3) is 0 Å². The Kier molecular flexibility index (Phi) is 2.12. The summed E-state index contributed by atoms with van der Waals surface area (Å²) < 4.78 is 6.58. The van der Waals surface area contributed by atoms with Gasteiger partial charge in [-0.2, -0.15) is 5.26 Å². The van der Waals surface area contributed by atoms with Crippen LogP contribution < -0.4 is 4.74 Å². The third-order valence-corrected chi connectivity index (χ3v) is 1.26. The summed E-state index contributed by atoms with van der Waals surface area (Å²) >= 11 is 0. The van der Waals surface area contributed by atoms with Gasteiger partial charge in [-0.1, -0.05) is 0 Å². The lowest BCUT2D eigenvalue weighted by Gasteiger charge is -1.93. The van der Waals surface area contributed by atoms with E-state index in [-0.39, 0.29) is 0 Å². The standard InChI is InChI=1S/C7H9N3O/c1-3-11-7-4-6(5-8)10(2)9-7/h4H,3H2,1-2H3. The van der Waals surface area contributed by atoms with Crippen molar-refractivity contribution in [3.8, 4) is 11.9 Å². The topological polar surface area (TPSA) is 50.8 Å². The SMILES string of the molecule is CCOc1cc(C#N)n(C)n1. The molecule has 0 radical (unpaired) electrons. The molecule has 0 bridgehead atoms. The Morgan fingerprint density at radius 1 is 1.82 bits per heavy atom. The van der Waals surface area contributed by atoms with Crippen molar-refractivity contribution in [1.82, 2.24) is 9.78 Å². The molecule has 0 unspecified atom stereocenters. The number of aromatic nitrogens is 2. The molecule has 11 heavy (non-hydrogen) atoms. The van der Waals surface area contributed by atoms with Crippen molar-refractivity contribution in [3.05, 3.63) is 11.8 Å². The van der Waals surface area contributed by atoms with Gasteiger partial charge < -0.3 is 4.74 Å². The predicted octanol–water partition coefficient (Wildman–Crippen LogP) is 0.690. The van der Waals surface area contributed by atoms with Gasteiger partial charge in [0.2, 0.25) is 5.88 Å². The lowest BCUT2D eigenvalue weighted by molar-refractivity contribution is 0.323. The molecule has 0 fully saturated rings. The molecule has 1 aromatic heterocycles. The summed E-state index contributed by atoms with van der Waals surface area (Å²) in [6, 6.07) is 3.61. The van der Waals surface area contributed by atoms with Gasteiger partial charge in [0.25, 0.3) is 0 Å². The van der Waals surface area contributed by atoms with Crippen molar-refractivity contribution < 1.29 is 4.74 Å². The highest BCUT2D eigenvalue weighted by Gasteiger charge is 2.02. The van der Waals surface area contributed by atoms with Gasteiger partial charge in [0.1, 0.15) is 11.8 Å². The van der Waals surface area contributed by atoms with Crippen LogP contribution in [0.4, 0.5) is 0 Å². The van der Waals surface area contributed by atoms with Crippen molar-refractivity contribution in [2.24, 2.45) is 7.05 Å². The summed E-state index contributed by atoms with van der Waals surface area (Å²) in [6.07, 6.45) is 0. The first-order chi connectivity index (χ1) is 5.27. The highest BCUT2D eigenvalue weighted by atomic mass is 16.5. The zero-order valence-corrected chi connectivity index (χ0v) is 6.53. The summed E-state index contributed by atoms with van der Waals surface area (Å²) in [7, 11) is 1.71. The van der Waals surface area contributed by atoms with E-state index >= 15 is 0 Å². The smallest absolute Gasteiger partial charge is 0.234 e. The lowest BCUT2D eigenvalue weighted by Crippen LogP contribution is -1.95. The largest absolute Gasteiger partial charge is 0.477 e. The summed E-state index contributed by atoms with van der Waals surface area (Å²) in [6.45, 7) is 2.45. The average molecular weight is 151 g/mol. The number of nitriles is 1. The molecule has 0 aliphatic heterocycles. The Hall–Kier alpha value is -1.50. The Morgan fingerprint density at radius 3 is 3.00 bits per heavy atom. The van der Waals surface area contributed by atoms with E-state index in [9.17, 15) is 0 Å². The maximum absolute atomic E-state index is 8.53. The highest BCUT2D eigenvalue weighted by Crippen LogP contribution is 2.08. The maximum atomic E-state index is 8.53. The lowest BCUT2D eigenvalue weighted by atomic mass is 10.5. The molecule has 4 heteroatoms. The molecular formula is C7H9N3O. The molecule has 0 saturated carbocycles.